The topological polar surface area (TPSA) is 71.4 Å². The van der Waals surface area contributed by atoms with E-state index in [1.807, 2.05) is 45.0 Å². The molecule has 0 saturated heterocycles. The van der Waals surface area contributed by atoms with E-state index in [4.69, 9.17) is 9.47 Å². The Labute approximate surface area is 152 Å². The molecule has 1 aliphatic rings. The van der Waals surface area contributed by atoms with Crippen molar-refractivity contribution in [3.05, 3.63) is 64.2 Å². The van der Waals surface area contributed by atoms with Crippen LogP contribution in [-0.2, 0) is 4.79 Å². The third-order valence-electron chi connectivity index (χ3n) is 4.45. The Morgan fingerprint density at radius 1 is 1.15 bits per heavy atom. The molecule has 26 heavy (non-hydrogen) atoms. The van der Waals surface area contributed by atoms with Gasteiger partial charge in [0, 0.05) is 0 Å². The van der Waals surface area contributed by atoms with Gasteiger partial charge in [-0.15, -0.1) is 0 Å². The maximum atomic E-state index is 12.5. The fraction of sp³-hybridized carbons (Fsp3) is 0.238. The standard InChI is InChI=1S/C21H20N2O3/c1-13-4-6-17(8-14(13)2)15(3)23-21(24)18(11-22)9-16-5-7-19-20(10-16)26-12-25-19/h4-10,15H,12H2,1-3H3,(H,23,24)/b18-9+/t15-/m0/s1. The molecule has 0 spiro atoms. The van der Waals surface area contributed by atoms with Crippen molar-refractivity contribution in [3.63, 3.8) is 0 Å². The van der Waals surface area contributed by atoms with Gasteiger partial charge in [0.1, 0.15) is 11.6 Å². The van der Waals surface area contributed by atoms with Crippen molar-refractivity contribution in [2.75, 3.05) is 6.79 Å². The first-order chi connectivity index (χ1) is 12.5. The van der Waals surface area contributed by atoms with E-state index >= 15 is 0 Å². The molecule has 0 fully saturated rings. The minimum absolute atomic E-state index is 0.0412. The number of hydrogen-bond acceptors (Lipinski definition) is 4. The van der Waals surface area contributed by atoms with Gasteiger partial charge < -0.3 is 14.8 Å². The number of carbonyl (C=O) groups excluding carboxylic acids is 1. The zero-order valence-corrected chi connectivity index (χ0v) is 15.0. The van der Waals surface area contributed by atoms with Crippen LogP contribution < -0.4 is 14.8 Å². The minimum atomic E-state index is -0.407. The van der Waals surface area contributed by atoms with Crippen LogP contribution in [0.1, 0.15) is 35.2 Å². The quantitative estimate of drug-likeness (QED) is 0.673. The number of hydrogen-bond donors (Lipinski definition) is 1. The molecule has 0 radical (unpaired) electrons. The third-order valence-corrected chi connectivity index (χ3v) is 4.45. The smallest absolute Gasteiger partial charge is 0.262 e. The first-order valence-corrected chi connectivity index (χ1v) is 8.37. The number of amides is 1. The fourth-order valence-corrected chi connectivity index (χ4v) is 2.71. The molecule has 1 heterocycles. The predicted octanol–water partition coefficient (Wildman–Crippen LogP) is 3.82. The first-order valence-electron chi connectivity index (χ1n) is 8.37. The molecule has 0 unspecified atom stereocenters. The van der Waals surface area contributed by atoms with Crippen molar-refractivity contribution in [2.24, 2.45) is 0 Å². The van der Waals surface area contributed by atoms with Gasteiger partial charge >= 0.3 is 0 Å². The number of ether oxygens (including phenoxy) is 2. The molecule has 2 aromatic rings. The maximum Gasteiger partial charge on any atom is 0.262 e. The average molecular weight is 348 g/mol. The van der Waals surface area contributed by atoms with Gasteiger partial charge in [-0.05, 0) is 61.2 Å². The van der Waals surface area contributed by atoms with Gasteiger partial charge in [0.15, 0.2) is 11.5 Å². The van der Waals surface area contributed by atoms with E-state index < -0.39 is 5.91 Å². The van der Waals surface area contributed by atoms with Gasteiger partial charge in [-0.1, -0.05) is 24.3 Å². The van der Waals surface area contributed by atoms with E-state index in [9.17, 15) is 10.1 Å². The van der Waals surface area contributed by atoms with Crippen LogP contribution in [0.5, 0.6) is 11.5 Å². The highest BCUT2D eigenvalue weighted by Crippen LogP contribution is 2.33. The summed E-state index contributed by atoms with van der Waals surface area (Å²) in [6.45, 7) is 6.16. The summed E-state index contributed by atoms with van der Waals surface area (Å²) in [5, 5.41) is 12.3. The van der Waals surface area contributed by atoms with Crippen molar-refractivity contribution in [1.29, 1.82) is 5.26 Å². The SMILES string of the molecule is Cc1ccc([C@H](C)NC(=O)/C(C#N)=C/c2ccc3c(c2)OCO3)cc1C. The Kier molecular flexibility index (Phi) is 4.94. The fourth-order valence-electron chi connectivity index (χ4n) is 2.71. The van der Waals surface area contributed by atoms with Gasteiger partial charge in [0.25, 0.3) is 5.91 Å². The van der Waals surface area contributed by atoms with E-state index in [0.29, 0.717) is 17.1 Å². The lowest BCUT2D eigenvalue weighted by molar-refractivity contribution is -0.117. The molecule has 132 valence electrons. The summed E-state index contributed by atoms with van der Waals surface area (Å²) in [5.41, 5.74) is 4.12. The van der Waals surface area contributed by atoms with Crippen LogP contribution in [0.3, 0.4) is 0 Å². The highest BCUT2D eigenvalue weighted by Gasteiger charge is 2.16. The molecule has 3 rings (SSSR count). The van der Waals surface area contributed by atoms with Crippen molar-refractivity contribution < 1.29 is 14.3 Å². The molecule has 0 aromatic heterocycles. The minimum Gasteiger partial charge on any atom is -0.454 e. The van der Waals surface area contributed by atoms with Crippen molar-refractivity contribution in [2.45, 2.75) is 26.8 Å². The van der Waals surface area contributed by atoms with Gasteiger partial charge in [-0.25, -0.2) is 0 Å². The lowest BCUT2D eigenvalue weighted by Gasteiger charge is -2.15. The maximum absolute atomic E-state index is 12.5. The van der Waals surface area contributed by atoms with Crippen LogP contribution in [0.2, 0.25) is 0 Å². The largest absolute Gasteiger partial charge is 0.454 e. The van der Waals surface area contributed by atoms with E-state index in [0.717, 1.165) is 5.56 Å². The predicted molar refractivity (Wildman–Crippen MR) is 98.6 cm³/mol. The molecular weight excluding hydrogens is 328 g/mol. The van der Waals surface area contributed by atoms with E-state index in [-0.39, 0.29) is 18.4 Å². The van der Waals surface area contributed by atoms with Crippen molar-refractivity contribution in [3.8, 4) is 17.6 Å². The number of nitrogens with zero attached hydrogens (tertiary/aromatic N) is 1. The highest BCUT2D eigenvalue weighted by molar-refractivity contribution is 6.01. The van der Waals surface area contributed by atoms with Crippen LogP contribution in [0, 0.1) is 25.2 Å². The van der Waals surface area contributed by atoms with Crippen molar-refractivity contribution >= 4 is 12.0 Å². The van der Waals surface area contributed by atoms with Crippen LogP contribution in [-0.4, -0.2) is 12.7 Å². The molecule has 1 N–H and O–H groups in total. The number of aryl methyl sites for hydroxylation is 2. The second-order valence-electron chi connectivity index (χ2n) is 6.32. The second kappa shape index (κ2) is 7.32. The van der Waals surface area contributed by atoms with Crippen LogP contribution in [0.25, 0.3) is 6.08 Å². The number of nitriles is 1. The summed E-state index contributed by atoms with van der Waals surface area (Å²) in [6.07, 6.45) is 1.55. The van der Waals surface area contributed by atoms with E-state index in [2.05, 4.69) is 5.32 Å². The number of benzene rings is 2. The van der Waals surface area contributed by atoms with Crippen LogP contribution >= 0.6 is 0 Å². The molecule has 1 atom stereocenters. The number of rotatable bonds is 4. The van der Waals surface area contributed by atoms with Gasteiger partial charge in [-0.3, -0.25) is 4.79 Å². The molecule has 0 bridgehead atoms. The average Bonchev–Trinajstić information content (AvgIpc) is 3.09. The lowest BCUT2D eigenvalue weighted by atomic mass is 10.0. The van der Waals surface area contributed by atoms with Gasteiger partial charge in [0.05, 0.1) is 6.04 Å². The molecule has 1 amide bonds. The summed E-state index contributed by atoms with van der Waals surface area (Å²) in [5.74, 6) is 0.865. The highest BCUT2D eigenvalue weighted by atomic mass is 16.7. The van der Waals surface area contributed by atoms with E-state index in [1.54, 1.807) is 24.3 Å². The number of carbonyl (C=O) groups is 1. The molecule has 2 aromatic carbocycles. The van der Waals surface area contributed by atoms with Crippen molar-refractivity contribution in [1.82, 2.24) is 5.32 Å². The summed E-state index contributed by atoms with van der Waals surface area (Å²) in [4.78, 5) is 12.5. The van der Waals surface area contributed by atoms with Crippen LogP contribution in [0.4, 0.5) is 0 Å². The summed E-state index contributed by atoms with van der Waals surface area (Å²) in [6, 6.07) is 13.1. The number of nitrogens with one attached hydrogen (secondary N) is 1. The Morgan fingerprint density at radius 3 is 2.65 bits per heavy atom. The lowest BCUT2D eigenvalue weighted by Crippen LogP contribution is -2.27. The van der Waals surface area contributed by atoms with Gasteiger partial charge in [-0.2, -0.15) is 5.26 Å². The normalized spacial score (nSPS) is 13.8. The third kappa shape index (κ3) is 3.70. The Balaban J connectivity index is 1.76. The number of fused-ring (bicyclic) bond motifs is 1. The summed E-state index contributed by atoms with van der Waals surface area (Å²) in [7, 11) is 0. The monoisotopic (exact) mass is 348 g/mol. The first kappa shape index (κ1) is 17.6. The van der Waals surface area contributed by atoms with Crippen LogP contribution in [0.15, 0.2) is 42.0 Å². The summed E-state index contributed by atoms with van der Waals surface area (Å²) < 4.78 is 10.6. The molecule has 0 aliphatic carbocycles. The zero-order valence-electron chi connectivity index (χ0n) is 15.0. The zero-order chi connectivity index (χ0) is 18.7. The Bertz CT molecular complexity index is 925. The molecule has 5 nitrogen and oxygen atoms in total. The molecule has 1 aliphatic heterocycles. The Hall–Kier alpha value is -3.26. The molecule has 5 heteroatoms. The Morgan fingerprint density at radius 2 is 1.92 bits per heavy atom. The van der Waals surface area contributed by atoms with E-state index in [1.165, 1.54) is 11.1 Å². The molecular formula is C21H20N2O3. The van der Waals surface area contributed by atoms with Gasteiger partial charge in [0.2, 0.25) is 6.79 Å². The second-order valence-corrected chi connectivity index (χ2v) is 6.32. The summed E-state index contributed by atoms with van der Waals surface area (Å²) >= 11 is 0. The molecule has 0 saturated carbocycles.